The summed E-state index contributed by atoms with van der Waals surface area (Å²) in [6, 6.07) is 5.30. The first-order valence-electron chi connectivity index (χ1n) is 4.47. The Hall–Kier alpha value is -0.500. The maximum atomic E-state index is 6.01. The highest BCUT2D eigenvalue weighted by Crippen LogP contribution is 2.30. The minimum absolute atomic E-state index is 0.116. The molecule has 0 aliphatic heterocycles. The van der Waals surface area contributed by atoms with Crippen molar-refractivity contribution in [3.05, 3.63) is 46.5 Å². The van der Waals surface area contributed by atoms with Gasteiger partial charge in [0.2, 0.25) is 0 Å². The molecule has 0 heterocycles. The number of rotatable bonds is 4. The van der Waals surface area contributed by atoms with Crippen LogP contribution in [0.2, 0.25) is 10.0 Å². The number of allylic oxidation sites excluding steroid dienone is 1. The van der Waals surface area contributed by atoms with Crippen LogP contribution in [-0.4, -0.2) is 0 Å². The minimum atomic E-state index is -0.116. The Morgan fingerprint density at radius 1 is 1.36 bits per heavy atom. The summed E-state index contributed by atoms with van der Waals surface area (Å²) in [5, 5.41) is 1.27. The predicted molar refractivity (Wildman–Crippen MR) is 62.8 cm³/mol. The quantitative estimate of drug-likeness (QED) is 0.778. The molecule has 1 aromatic rings. The highest BCUT2D eigenvalue weighted by molar-refractivity contribution is 6.36. The molecule has 76 valence electrons. The van der Waals surface area contributed by atoms with Crippen LogP contribution in [0.3, 0.4) is 0 Å². The van der Waals surface area contributed by atoms with Gasteiger partial charge in [-0.3, -0.25) is 0 Å². The SMILES string of the molecule is C=CCC[C@H](N)c1c(Cl)cccc1Cl. The number of halogens is 2. The first-order valence-corrected chi connectivity index (χ1v) is 5.22. The lowest BCUT2D eigenvalue weighted by Crippen LogP contribution is -2.10. The van der Waals surface area contributed by atoms with E-state index in [9.17, 15) is 0 Å². The van der Waals surface area contributed by atoms with E-state index in [0.717, 1.165) is 18.4 Å². The first-order chi connectivity index (χ1) is 6.66. The third kappa shape index (κ3) is 2.74. The van der Waals surface area contributed by atoms with E-state index >= 15 is 0 Å². The largest absolute Gasteiger partial charge is 0.324 e. The van der Waals surface area contributed by atoms with Crippen molar-refractivity contribution >= 4 is 23.2 Å². The zero-order valence-corrected chi connectivity index (χ0v) is 9.35. The van der Waals surface area contributed by atoms with Crippen molar-refractivity contribution in [1.29, 1.82) is 0 Å². The van der Waals surface area contributed by atoms with E-state index in [0.29, 0.717) is 10.0 Å². The summed E-state index contributed by atoms with van der Waals surface area (Å²) in [5.74, 6) is 0. The second-order valence-corrected chi connectivity index (χ2v) is 3.92. The van der Waals surface area contributed by atoms with Gasteiger partial charge >= 0.3 is 0 Å². The van der Waals surface area contributed by atoms with E-state index < -0.39 is 0 Å². The molecule has 0 aliphatic rings. The average molecular weight is 230 g/mol. The normalized spacial score (nSPS) is 12.5. The lowest BCUT2D eigenvalue weighted by Gasteiger charge is -2.14. The molecule has 14 heavy (non-hydrogen) atoms. The van der Waals surface area contributed by atoms with Gasteiger partial charge in [0.05, 0.1) is 0 Å². The van der Waals surface area contributed by atoms with E-state index in [1.807, 2.05) is 12.1 Å². The zero-order valence-electron chi connectivity index (χ0n) is 7.84. The van der Waals surface area contributed by atoms with Crippen molar-refractivity contribution in [2.75, 3.05) is 0 Å². The van der Waals surface area contributed by atoms with Crippen LogP contribution in [0, 0.1) is 0 Å². The fraction of sp³-hybridized carbons (Fsp3) is 0.273. The number of benzene rings is 1. The molecule has 0 aliphatic carbocycles. The fourth-order valence-corrected chi connectivity index (χ4v) is 1.98. The van der Waals surface area contributed by atoms with E-state index in [1.54, 1.807) is 12.1 Å². The molecule has 0 saturated heterocycles. The van der Waals surface area contributed by atoms with Crippen LogP contribution in [0.4, 0.5) is 0 Å². The van der Waals surface area contributed by atoms with Crippen molar-refractivity contribution in [2.24, 2.45) is 5.73 Å². The van der Waals surface area contributed by atoms with E-state index in [-0.39, 0.29) is 6.04 Å². The molecule has 3 heteroatoms. The molecule has 0 spiro atoms. The van der Waals surface area contributed by atoms with Crippen LogP contribution in [0.5, 0.6) is 0 Å². The maximum absolute atomic E-state index is 6.01. The Morgan fingerprint density at radius 2 is 1.93 bits per heavy atom. The lowest BCUT2D eigenvalue weighted by atomic mass is 10.0. The van der Waals surface area contributed by atoms with Gasteiger partial charge in [-0.15, -0.1) is 6.58 Å². The van der Waals surface area contributed by atoms with Gasteiger partial charge < -0.3 is 5.73 Å². The number of hydrogen-bond acceptors (Lipinski definition) is 1. The summed E-state index contributed by atoms with van der Waals surface area (Å²) >= 11 is 12.0. The topological polar surface area (TPSA) is 26.0 Å². The Kier molecular flexibility index (Phi) is 4.46. The smallest absolute Gasteiger partial charge is 0.0468 e. The Bertz CT molecular complexity index is 303. The van der Waals surface area contributed by atoms with Gasteiger partial charge in [0.1, 0.15) is 0 Å². The minimum Gasteiger partial charge on any atom is -0.324 e. The highest BCUT2D eigenvalue weighted by Gasteiger charge is 2.12. The number of hydrogen-bond donors (Lipinski definition) is 1. The zero-order chi connectivity index (χ0) is 10.6. The van der Waals surface area contributed by atoms with Gasteiger partial charge in [-0.2, -0.15) is 0 Å². The van der Waals surface area contributed by atoms with Crippen molar-refractivity contribution in [2.45, 2.75) is 18.9 Å². The molecule has 0 unspecified atom stereocenters. The Labute approximate surface area is 94.5 Å². The van der Waals surface area contributed by atoms with E-state index in [1.165, 1.54) is 0 Å². The standard InChI is InChI=1S/C11H13Cl2N/c1-2-3-7-10(14)11-8(12)5-4-6-9(11)13/h2,4-6,10H,1,3,7,14H2/t10-/m0/s1. The summed E-state index contributed by atoms with van der Waals surface area (Å²) in [4.78, 5) is 0. The second-order valence-electron chi connectivity index (χ2n) is 3.11. The van der Waals surface area contributed by atoms with Gasteiger partial charge in [0.25, 0.3) is 0 Å². The van der Waals surface area contributed by atoms with Gasteiger partial charge in [-0.05, 0) is 25.0 Å². The van der Waals surface area contributed by atoms with Gasteiger partial charge in [-0.25, -0.2) is 0 Å². The first kappa shape index (κ1) is 11.6. The molecule has 1 atom stereocenters. The summed E-state index contributed by atoms with van der Waals surface area (Å²) in [6.07, 6.45) is 3.51. The molecule has 0 bridgehead atoms. The van der Waals surface area contributed by atoms with E-state index in [4.69, 9.17) is 28.9 Å². The third-order valence-corrected chi connectivity index (χ3v) is 2.71. The maximum Gasteiger partial charge on any atom is 0.0468 e. The molecule has 0 saturated carbocycles. The molecule has 1 nitrogen and oxygen atoms in total. The van der Waals surface area contributed by atoms with Crippen LogP contribution in [0.15, 0.2) is 30.9 Å². The molecule has 2 N–H and O–H groups in total. The predicted octanol–water partition coefficient (Wildman–Crippen LogP) is 3.96. The molecule has 0 amide bonds. The lowest BCUT2D eigenvalue weighted by molar-refractivity contribution is 0.662. The molecule has 1 aromatic carbocycles. The van der Waals surface area contributed by atoms with Gasteiger partial charge in [-0.1, -0.05) is 35.3 Å². The van der Waals surface area contributed by atoms with Crippen LogP contribution < -0.4 is 5.73 Å². The average Bonchev–Trinajstić information content (AvgIpc) is 2.14. The van der Waals surface area contributed by atoms with E-state index in [2.05, 4.69) is 6.58 Å². The molecule has 0 radical (unpaired) electrons. The van der Waals surface area contributed by atoms with Crippen molar-refractivity contribution in [1.82, 2.24) is 0 Å². The summed E-state index contributed by atoms with van der Waals surface area (Å²) < 4.78 is 0. The summed E-state index contributed by atoms with van der Waals surface area (Å²) in [6.45, 7) is 3.65. The second kappa shape index (κ2) is 5.40. The third-order valence-electron chi connectivity index (χ3n) is 2.05. The monoisotopic (exact) mass is 229 g/mol. The van der Waals surface area contributed by atoms with Crippen molar-refractivity contribution in [3.8, 4) is 0 Å². The van der Waals surface area contributed by atoms with Crippen LogP contribution >= 0.6 is 23.2 Å². The molecule has 1 rings (SSSR count). The Balaban J connectivity index is 2.87. The summed E-state index contributed by atoms with van der Waals surface area (Å²) in [5.41, 5.74) is 6.80. The molecule has 0 fully saturated rings. The number of nitrogens with two attached hydrogens (primary N) is 1. The van der Waals surface area contributed by atoms with Crippen molar-refractivity contribution < 1.29 is 0 Å². The Morgan fingerprint density at radius 3 is 2.43 bits per heavy atom. The van der Waals surface area contributed by atoms with Crippen molar-refractivity contribution in [3.63, 3.8) is 0 Å². The fourth-order valence-electron chi connectivity index (χ4n) is 1.31. The summed E-state index contributed by atoms with van der Waals surface area (Å²) in [7, 11) is 0. The van der Waals surface area contributed by atoms with Crippen LogP contribution in [0.1, 0.15) is 24.4 Å². The van der Waals surface area contributed by atoms with Crippen LogP contribution in [-0.2, 0) is 0 Å². The van der Waals surface area contributed by atoms with Gasteiger partial charge in [0.15, 0.2) is 0 Å². The van der Waals surface area contributed by atoms with Crippen LogP contribution in [0.25, 0.3) is 0 Å². The highest BCUT2D eigenvalue weighted by atomic mass is 35.5. The molecule has 0 aromatic heterocycles. The van der Waals surface area contributed by atoms with Gasteiger partial charge in [0, 0.05) is 21.7 Å². The molecular weight excluding hydrogens is 217 g/mol. The molecular formula is C11H13Cl2N.